The van der Waals surface area contributed by atoms with Crippen LogP contribution < -0.4 is 11.1 Å². The Hall–Kier alpha value is -0.610. The van der Waals surface area contributed by atoms with Crippen LogP contribution in [0.1, 0.15) is 40.5 Å². The highest BCUT2D eigenvalue weighted by Crippen LogP contribution is 2.28. The van der Waals surface area contributed by atoms with Gasteiger partial charge in [0.2, 0.25) is 5.91 Å². The molecule has 1 aliphatic heterocycles. The minimum absolute atomic E-state index is 0.0795. The number of carbonyl (C=O) groups excluding carboxylic acids is 1. The Morgan fingerprint density at radius 3 is 2.31 bits per heavy atom. The molecular formula is C12H24N2O2. The van der Waals surface area contributed by atoms with E-state index in [1.165, 1.54) is 0 Å². The van der Waals surface area contributed by atoms with Gasteiger partial charge >= 0.3 is 0 Å². The van der Waals surface area contributed by atoms with Crippen molar-refractivity contribution in [2.24, 2.45) is 11.7 Å². The highest BCUT2D eigenvalue weighted by atomic mass is 16.5. The van der Waals surface area contributed by atoms with E-state index in [1.807, 2.05) is 13.8 Å². The SMILES string of the molecule is CC(C)CNC1(C(N)=O)CC(C)OC(C)C1. The van der Waals surface area contributed by atoms with E-state index in [2.05, 4.69) is 19.2 Å². The lowest BCUT2D eigenvalue weighted by molar-refractivity contribution is -0.135. The van der Waals surface area contributed by atoms with Gasteiger partial charge in [0.25, 0.3) is 0 Å². The fourth-order valence-electron chi connectivity index (χ4n) is 2.39. The van der Waals surface area contributed by atoms with E-state index in [1.54, 1.807) is 0 Å². The number of primary amides is 1. The molecule has 4 heteroatoms. The fraction of sp³-hybridized carbons (Fsp3) is 0.917. The Morgan fingerprint density at radius 1 is 1.44 bits per heavy atom. The molecular weight excluding hydrogens is 204 g/mol. The quantitative estimate of drug-likeness (QED) is 0.755. The topological polar surface area (TPSA) is 64.3 Å². The third-order valence-electron chi connectivity index (χ3n) is 3.06. The number of nitrogens with two attached hydrogens (primary N) is 1. The van der Waals surface area contributed by atoms with Crippen molar-refractivity contribution in [2.75, 3.05) is 6.54 Å². The summed E-state index contributed by atoms with van der Waals surface area (Å²) in [5.41, 5.74) is 4.97. The lowest BCUT2D eigenvalue weighted by atomic mass is 9.83. The minimum atomic E-state index is -0.582. The van der Waals surface area contributed by atoms with E-state index in [9.17, 15) is 4.79 Å². The summed E-state index contributed by atoms with van der Waals surface area (Å²) in [5, 5.41) is 3.34. The second kappa shape index (κ2) is 5.15. The second-order valence-corrected chi connectivity index (χ2v) is 5.39. The van der Waals surface area contributed by atoms with E-state index >= 15 is 0 Å². The van der Waals surface area contributed by atoms with Crippen LogP contribution in [-0.2, 0) is 9.53 Å². The van der Waals surface area contributed by atoms with Crippen LogP contribution in [0.25, 0.3) is 0 Å². The first kappa shape index (κ1) is 13.5. The molecule has 2 atom stereocenters. The van der Waals surface area contributed by atoms with Crippen LogP contribution in [-0.4, -0.2) is 30.2 Å². The predicted octanol–water partition coefficient (Wildman–Crippen LogP) is 1.04. The van der Waals surface area contributed by atoms with Crippen LogP contribution in [0.4, 0.5) is 0 Å². The van der Waals surface area contributed by atoms with E-state index in [-0.39, 0.29) is 18.1 Å². The van der Waals surface area contributed by atoms with E-state index < -0.39 is 5.54 Å². The molecule has 0 radical (unpaired) electrons. The van der Waals surface area contributed by atoms with Crippen molar-refractivity contribution in [3.63, 3.8) is 0 Å². The summed E-state index contributed by atoms with van der Waals surface area (Å²) < 4.78 is 5.65. The summed E-state index contributed by atoms with van der Waals surface area (Å²) in [6, 6.07) is 0. The van der Waals surface area contributed by atoms with Crippen molar-refractivity contribution >= 4 is 5.91 Å². The van der Waals surface area contributed by atoms with Crippen LogP contribution in [0, 0.1) is 5.92 Å². The second-order valence-electron chi connectivity index (χ2n) is 5.39. The highest BCUT2D eigenvalue weighted by Gasteiger charge is 2.43. The summed E-state index contributed by atoms with van der Waals surface area (Å²) in [7, 11) is 0. The molecule has 94 valence electrons. The lowest BCUT2D eigenvalue weighted by Crippen LogP contribution is -2.61. The van der Waals surface area contributed by atoms with E-state index in [0.717, 1.165) is 6.54 Å². The Kier molecular flexibility index (Phi) is 4.33. The first-order valence-corrected chi connectivity index (χ1v) is 6.06. The van der Waals surface area contributed by atoms with Gasteiger partial charge < -0.3 is 15.8 Å². The normalized spacial score (nSPS) is 35.3. The maximum Gasteiger partial charge on any atom is 0.237 e. The highest BCUT2D eigenvalue weighted by molar-refractivity contribution is 5.84. The van der Waals surface area contributed by atoms with Crippen molar-refractivity contribution in [1.29, 1.82) is 0 Å². The van der Waals surface area contributed by atoms with Crippen molar-refractivity contribution in [3.05, 3.63) is 0 Å². The van der Waals surface area contributed by atoms with E-state index in [0.29, 0.717) is 18.8 Å². The molecule has 0 aromatic rings. The molecule has 1 heterocycles. The Bertz CT molecular complexity index is 243. The van der Waals surface area contributed by atoms with Gasteiger partial charge in [-0.1, -0.05) is 13.8 Å². The largest absolute Gasteiger partial charge is 0.375 e. The van der Waals surface area contributed by atoms with Gasteiger partial charge in [0.15, 0.2) is 0 Å². The Labute approximate surface area is 97.9 Å². The van der Waals surface area contributed by atoms with Crippen molar-refractivity contribution < 1.29 is 9.53 Å². The van der Waals surface area contributed by atoms with Crippen LogP contribution in [0.5, 0.6) is 0 Å². The molecule has 0 aromatic carbocycles. The molecule has 2 unspecified atom stereocenters. The third kappa shape index (κ3) is 3.19. The zero-order chi connectivity index (χ0) is 12.3. The average molecular weight is 228 g/mol. The summed E-state index contributed by atoms with van der Waals surface area (Å²) in [6.07, 6.45) is 1.49. The van der Waals surface area contributed by atoms with Crippen molar-refractivity contribution in [1.82, 2.24) is 5.32 Å². The molecule has 0 spiro atoms. The molecule has 4 nitrogen and oxygen atoms in total. The van der Waals surface area contributed by atoms with Gasteiger partial charge in [0.1, 0.15) is 5.54 Å². The number of carbonyl (C=O) groups is 1. The first-order chi connectivity index (χ1) is 7.35. The van der Waals surface area contributed by atoms with E-state index in [4.69, 9.17) is 10.5 Å². The van der Waals surface area contributed by atoms with Crippen LogP contribution in [0.2, 0.25) is 0 Å². The standard InChI is InChI=1S/C12H24N2O2/c1-8(2)7-14-12(11(13)15)5-9(3)16-10(4)6-12/h8-10,14H,5-7H2,1-4H3,(H2,13,15). The Balaban J connectivity index is 2.74. The lowest BCUT2D eigenvalue weighted by Gasteiger charge is -2.41. The van der Waals surface area contributed by atoms with Crippen LogP contribution >= 0.6 is 0 Å². The predicted molar refractivity (Wildman–Crippen MR) is 64.0 cm³/mol. The molecule has 16 heavy (non-hydrogen) atoms. The Morgan fingerprint density at radius 2 is 1.94 bits per heavy atom. The zero-order valence-electron chi connectivity index (χ0n) is 10.7. The van der Waals surface area contributed by atoms with Gasteiger partial charge in [-0.25, -0.2) is 0 Å². The molecule has 1 amide bonds. The van der Waals surface area contributed by atoms with Gasteiger partial charge in [0, 0.05) is 12.8 Å². The van der Waals surface area contributed by atoms with Gasteiger partial charge in [-0.15, -0.1) is 0 Å². The number of ether oxygens (including phenoxy) is 1. The van der Waals surface area contributed by atoms with Crippen molar-refractivity contribution in [3.8, 4) is 0 Å². The molecule has 1 aliphatic rings. The number of nitrogens with one attached hydrogen (secondary N) is 1. The zero-order valence-corrected chi connectivity index (χ0v) is 10.7. The van der Waals surface area contributed by atoms with Crippen LogP contribution in [0.15, 0.2) is 0 Å². The molecule has 0 aromatic heterocycles. The fourth-order valence-corrected chi connectivity index (χ4v) is 2.39. The smallest absolute Gasteiger partial charge is 0.237 e. The van der Waals surface area contributed by atoms with Gasteiger partial charge in [-0.05, 0) is 26.3 Å². The summed E-state index contributed by atoms with van der Waals surface area (Å²) >= 11 is 0. The first-order valence-electron chi connectivity index (χ1n) is 6.06. The van der Waals surface area contributed by atoms with Gasteiger partial charge in [0.05, 0.1) is 12.2 Å². The monoisotopic (exact) mass is 228 g/mol. The third-order valence-corrected chi connectivity index (χ3v) is 3.06. The number of hydrogen-bond donors (Lipinski definition) is 2. The molecule has 3 N–H and O–H groups in total. The number of amides is 1. The molecule has 0 aliphatic carbocycles. The number of rotatable bonds is 4. The molecule has 1 rings (SSSR count). The average Bonchev–Trinajstić information content (AvgIpc) is 2.13. The van der Waals surface area contributed by atoms with Gasteiger partial charge in [-0.2, -0.15) is 0 Å². The van der Waals surface area contributed by atoms with Crippen LogP contribution in [0.3, 0.4) is 0 Å². The minimum Gasteiger partial charge on any atom is -0.375 e. The number of hydrogen-bond acceptors (Lipinski definition) is 3. The molecule has 1 fully saturated rings. The molecule has 0 saturated carbocycles. The molecule has 1 saturated heterocycles. The van der Waals surface area contributed by atoms with Gasteiger partial charge in [-0.3, -0.25) is 4.79 Å². The summed E-state index contributed by atoms with van der Waals surface area (Å²) in [4.78, 5) is 11.7. The maximum atomic E-state index is 11.7. The van der Waals surface area contributed by atoms with Crippen molar-refractivity contribution in [2.45, 2.75) is 58.3 Å². The maximum absolute atomic E-state index is 11.7. The summed E-state index contributed by atoms with van der Waals surface area (Å²) in [6.45, 7) is 9.03. The summed E-state index contributed by atoms with van der Waals surface area (Å²) in [5.74, 6) is 0.250. The molecule has 0 bridgehead atoms.